The molecule has 1 saturated heterocycles. The first kappa shape index (κ1) is 16.8. The normalized spacial score (nSPS) is 23.7. The van der Waals surface area contributed by atoms with Crippen molar-refractivity contribution < 1.29 is 19.4 Å². The van der Waals surface area contributed by atoms with Crippen molar-refractivity contribution in [2.45, 2.75) is 39.7 Å². The second-order valence-corrected chi connectivity index (χ2v) is 5.48. The zero-order valence-corrected chi connectivity index (χ0v) is 12.9. The van der Waals surface area contributed by atoms with Gasteiger partial charge >= 0.3 is 12.0 Å². The number of nitrogens with zero attached hydrogens (tertiary/aromatic N) is 2. The number of carboxylic acid groups (broad SMARTS) is 1. The lowest BCUT2D eigenvalue weighted by Crippen LogP contribution is -2.48. The number of likely N-dealkylation sites (N-methyl/N-ethyl adjacent to an activating group) is 1. The molecule has 6 nitrogen and oxygen atoms in total. The van der Waals surface area contributed by atoms with Crippen molar-refractivity contribution in [2.75, 3.05) is 33.4 Å². The van der Waals surface area contributed by atoms with Crippen LogP contribution in [0.1, 0.15) is 33.6 Å². The third kappa shape index (κ3) is 3.23. The molecule has 20 heavy (non-hydrogen) atoms. The fourth-order valence-corrected chi connectivity index (χ4v) is 2.80. The fourth-order valence-electron chi connectivity index (χ4n) is 2.80. The Labute approximate surface area is 120 Å². The average Bonchev–Trinajstić information content (AvgIpc) is 2.85. The number of hydrogen-bond acceptors (Lipinski definition) is 3. The standard InChI is InChI=1S/C14H26N2O4/c1-5-14(12(17)18)7-8-15(10-14)13(19)16(6-2)11(3)9-20-4/h11H,5-10H2,1-4H3,(H,17,18). The minimum Gasteiger partial charge on any atom is -0.481 e. The van der Waals surface area contributed by atoms with Gasteiger partial charge in [-0.15, -0.1) is 0 Å². The summed E-state index contributed by atoms with van der Waals surface area (Å²) in [7, 11) is 1.61. The molecule has 6 heteroatoms. The Bertz CT molecular complexity index is 361. The smallest absolute Gasteiger partial charge is 0.320 e. The number of carbonyl (C=O) groups is 2. The van der Waals surface area contributed by atoms with Gasteiger partial charge in [0.2, 0.25) is 0 Å². The number of methoxy groups -OCH3 is 1. The number of amides is 2. The highest BCUT2D eigenvalue weighted by molar-refractivity contribution is 5.80. The molecule has 1 aliphatic rings. The quantitative estimate of drug-likeness (QED) is 0.806. The van der Waals surface area contributed by atoms with Crippen LogP contribution < -0.4 is 0 Å². The van der Waals surface area contributed by atoms with E-state index in [0.29, 0.717) is 39.1 Å². The molecule has 1 aliphatic heterocycles. The van der Waals surface area contributed by atoms with E-state index in [1.807, 2.05) is 20.8 Å². The zero-order chi connectivity index (χ0) is 15.3. The second-order valence-electron chi connectivity index (χ2n) is 5.48. The van der Waals surface area contributed by atoms with Gasteiger partial charge in [-0.2, -0.15) is 0 Å². The number of carboxylic acids is 1. The van der Waals surface area contributed by atoms with Crippen LogP contribution in [0.2, 0.25) is 0 Å². The van der Waals surface area contributed by atoms with Gasteiger partial charge in [-0.05, 0) is 26.7 Å². The van der Waals surface area contributed by atoms with Crippen LogP contribution in [0.15, 0.2) is 0 Å². The van der Waals surface area contributed by atoms with Gasteiger partial charge in [0.05, 0.1) is 18.1 Å². The molecule has 2 unspecified atom stereocenters. The third-order valence-corrected chi connectivity index (χ3v) is 4.28. The van der Waals surface area contributed by atoms with Crippen LogP contribution in [0.4, 0.5) is 4.79 Å². The van der Waals surface area contributed by atoms with Gasteiger partial charge in [0.15, 0.2) is 0 Å². The highest BCUT2D eigenvalue weighted by Gasteiger charge is 2.45. The summed E-state index contributed by atoms with van der Waals surface area (Å²) in [5, 5.41) is 9.38. The Morgan fingerprint density at radius 3 is 2.50 bits per heavy atom. The van der Waals surface area contributed by atoms with E-state index in [1.165, 1.54) is 0 Å². The first-order valence-electron chi connectivity index (χ1n) is 7.19. The molecule has 0 radical (unpaired) electrons. The highest BCUT2D eigenvalue weighted by atomic mass is 16.5. The van der Waals surface area contributed by atoms with Crippen LogP contribution in [-0.2, 0) is 9.53 Å². The van der Waals surface area contributed by atoms with Crippen LogP contribution in [0, 0.1) is 5.41 Å². The SMILES string of the molecule is CCN(C(=O)N1CCC(CC)(C(=O)O)C1)C(C)COC. The molecule has 1 heterocycles. The first-order chi connectivity index (χ1) is 9.41. The number of urea groups is 1. The van der Waals surface area contributed by atoms with Gasteiger partial charge in [-0.3, -0.25) is 4.79 Å². The summed E-state index contributed by atoms with van der Waals surface area (Å²) in [6, 6.07) is -0.104. The summed E-state index contributed by atoms with van der Waals surface area (Å²) in [6.45, 7) is 7.60. The maximum absolute atomic E-state index is 12.5. The summed E-state index contributed by atoms with van der Waals surface area (Å²) in [4.78, 5) is 27.3. The Morgan fingerprint density at radius 2 is 2.10 bits per heavy atom. The fraction of sp³-hybridized carbons (Fsp3) is 0.857. The van der Waals surface area contributed by atoms with E-state index in [9.17, 15) is 14.7 Å². The number of carbonyl (C=O) groups excluding carboxylic acids is 1. The van der Waals surface area contributed by atoms with Gasteiger partial charge in [-0.1, -0.05) is 6.92 Å². The molecule has 0 saturated carbocycles. The van der Waals surface area contributed by atoms with E-state index >= 15 is 0 Å². The monoisotopic (exact) mass is 286 g/mol. The summed E-state index contributed by atoms with van der Waals surface area (Å²) >= 11 is 0. The molecule has 2 atom stereocenters. The van der Waals surface area contributed by atoms with Crippen molar-refractivity contribution in [3.8, 4) is 0 Å². The Morgan fingerprint density at radius 1 is 1.45 bits per heavy atom. The Kier molecular flexibility index (Phi) is 5.80. The molecular weight excluding hydrogens is 260 g/mol. The van der Waals surface area contributed by atoms with Crippen LogP contribution in [0.3, 0.4) is 0 Å². The summed E-state index contributed by atoms with van der Waals surface area (Å²) in [5.74, 6) is -0.803. The second kappa shape index (κ2) is 6.92. The molecule has 2 amide bonds. The third-order valence-electron chi connectivity index (χ3n) is 4.28. The molecule has 1 rings (SSSR count). The lowest BCUT2D eigenvalue weighted by Gasteiger charge is -2.32. The van der Waals surface area contributed by atoms with E-state index in [4.69, 9.17) is 4.74 Å². The lowest BCUT2D eigenvalue weighted by molar-refractivity contribution is -0.148. The van der Waals surface area contributed by atoms with Crippen LogP contribution in [-0.4, -0.2) is 66.3 Å². The number of ether oxygens (including phenoxy) is 1. The molecule has 116 valence electrons. The number of likely N-dealkylation sites (tertiary alicyclic amines) is 1. The Balaban J connectivity index is 2.76. The van der Waals surface area contributed by atoms with Crippen molar-refractivity contribution in [1.82, 2.24) is 9.80 Å². The summed E-state index contributed by atoms with van der Waals surface area (Å²) in [6.07, 6.45) is 1.08. The minimum absolute atomic E-state index is 0.0149. The average molecular weight is 286 g/mol. The van der Waals surface area contributed by atoms with Crippen LogP contribution in [0.5, 0.6) is 0 Å². The van der Waals surface area contributed by atoms with E-state index in [-0.39, 0.29) is 12.1 Å². The van der Waals surface area contributed by atoms with Crippen LogP contribution in [0.25, 0.3) is 0 Å². The maximum atomic E-state index is 12.5. The molecule has 0 bridgehead atoms. The van der Waals surface area contributed by atoms with E-state index < -0.39 is 11.4 Å². The zero-order valence-electron chi connectivity index (χ0n) is 12.9. The van der Waals surface area contributed by atoms with Crippen molar-refractivity contribution in [1.29, 1.82) is 0 Å². The molecule has 0 aromatic carbocycles. The van der Waals surface area contributed by atoms with Gasteiger partial charge < -0.3 is 19.6 Å². The van der Waals surface area contributed by atoms with Crippen molar-refractivity contribution >= 4 is 12.0 Å². The largest absolute Gasteiger partial charge is 0.481 e. The first-order valence-corrected chi connectivity index (χ1v) is 7.19. The predicted molar refractivity (Wildman–Crippen MR) is 75.7 cm³/mol. The lowest BCUT2D eigenvalue weighted by atomic mass is 9.84. The molecule has 0 aromatic rings. The van der Waals surface area contributed by atoms with Gasteiger partial charge in [0, 0.05) is 26.7 Å². The minimum atomic E-state index is -0.803. The topological polar surface area (TPSA) is 70.1 Å². The summed E-state index contributed by atoms with van der Waals surface area (Å²) in [5.41, 5.74) is -0.778. The van der Waals surface area contributed by atoms with Gasteiger partial charge in [-0.25, -0.2) is 4.79 Å². The van der Waals surface area contributed by atoms with Gasteiger partial charge in [0.25, 0.3) is 0 Å². The number of aliphatic carboxylic acids is 1. The molecule has 1 N–H and O–H groups in total. The van der Waals surface area contributed by atoms with E-state index in [0.717, 1.165) is 0 Å². The highest BCUT2D eigenvalue weighted by Crippen LogP contribution is 2.34. The molecular formula is C14H26N2O4. The summed E-state index contributed by atoms with van der Waals surface area (Å²) < 4.78 is 5.09. The van der Waals surface area contributed by atoms with Crippen molar-refractivity contribution in [3.63, 3.8) is 0 Å². The molecule has 0 aromatic heterocycles. The van der Waals surface area contributed by atoms with E-state index in [1.54, 1.807) is 16.9 Å². The van der Waals surface area contributed by atoms with Gasteiger partial charge in [0.1, 0.15) is 0 Å². The molecule has 0 aliphatic carbocycles. The van der Waals surface area contributed by atoms with E-state index in [2.05, 4.69) is 0 Å². The van der Waals surface area contributed by atoms with Crippen molar-refractivity contribution in [3.05, 3.63) is 0 Å². The predicted octanol–water partition coefficient (Wildman–Crippen LogP) is 1.65. The number of rotatable bonds is 6. The molecule has 1 fully saturated rings. The van der Waals surface area contributed by atoms with Crippen LogP contribution >= 0.6 is 0 Å². The maximum Gasteiger partial charge on any atom is 0.320 e. The van der Waals surface area contributed by atoms with Crippen molar-refractivity contribution in [2.24, 2.45) is 5.41 Å². The molecule has 0 spiro atoms. The number of hydrogen-bond donors (Lipinski definition) is 1. The Hall–Kier alpha value is -1.30.